The summed E-state index contributed by atoms with van der Waals surface area (Å²) < 4.78 is 18.3. The Balaban J connectivity index is 1.54. The van der Waals surface area contributed by atoms with E-state index in [2.05, 4.69) is 10.3 Å². The number of carbonyl (C=O) groups excluding carboxylic acids is 1. The molecule has 25 heavy (non-hydrogen) atoms. The third-order valence-corrected chi connectivity index (χ3v) is 4.63. The molecule has 0 bridgehead atoms. The highest BCUT2D eigenvalue weighted by molar-refractivity contribution is 5.78. The third kappa shape index (κ3) is 4.89. The van der Waals surface area contributed by atoms with E-state index in [1.807, 2.05) is 0 Å². The van der Waals surface area contributed by atoms with Gasteiger partial charge in [-0.2, -0.15) is 0 Å². The summed E-state index contributed by atoms with van der Waals surface area (Å²) in [5.41, 5.74) is 0.362. The van der Waals surface area contributed by atoms with Crippen LogP contribution in [0, 0.1) is 5.82 Å². The van der Waals surface area contributed by atoms with E-state index in [1.54, 1.807) is 12.1 Å². The van der Waals surface area contributed by atoms with Gasteiger partial charge in [0.2, 0.25) is 11.8 Å². The molecule has 0 saturated heterocycles. The van der Waals surface area contributed by atoms with Gasteiger partial charge in [-0.3, -0.25) is 4.79 Å². The minimum absolute atomic E-state index is 0.0841. The van der Waals surface area contributed by atoms with Gasteiger partial charge in [0.25, 0.3) is 0 Å². The van der Waals surface area contributed by atoms with Gasteiger partial charge in [-0.05, 0) is 37.1 Å². The number of nitrogens with one attached hydrogen (secondary N) is 1. The number of hydrogen-bond donors (Lipinski definition) is 2. The number of hydrogen-bond acceptors (Lipinski definition) is 4. The SMILES string of the molecule is O=C(Cc1coc(-c2ccc(F)cc2)n1)NCC1(O)CCCCCC1. The standard InChI is InChI=1S/C19H23FN2O3/c20-15-7-5-14(6-8-15)18-22-16(12-25-18)11-17(23)21-13-19(24)9-3-1-2-4-10-19/h5-8,12,24H,1-4,9-11,13H2,(H,21,23). The second-order valence-corrected chi connectivity index (χ2v) is 6.74. The number of rotatable bonds is 5. The quantitative estimate of drug-likeness (QED) is 0.815. The lowest BCUT2D eigenvalue weighted by Crippen LogP contribution is -2.43. The van der Waals surface area contributed by atoms with Crippen LogP contribution in [-0.2, 0) is 11.2 Å². The fourth-order valence-electron chi connectivity index (χ4n) is 3.17. The molecular weight excluding hydrogens is 323 g/mol. The normalized spacial score (nSPS) is 17.0. The van der Waals surface area contributed by atoms with Crippen molar-refractivity contribution < 1.29 is 18.7 Å². The number of carbonyl (C=O) groups is 1. The third-order valence-electron chi connectivity index (χ3n) is 4.63. The fourth-order valence-corrected chi connectivity index (χ4v) is 3.17. The molecule has 5 nitrogen and oxygen atoms in total. The van der Waals surface area contributed by atoms with Gasteiger partial charge in [0.15, 0.2) is 0 Å². The number of aliphatic hydroxyl groups is 1. The molecule has 1 fully saturated rings. The summed E-state index contributed by atoms with van der Waals surface area (Å²) >= 11 is 0. The molecule has 0 unspecified atom stereocenters. The van der Waals surface area contributed by atoms with Gasteiger partial charge < -0.3 is 14.8 Å². The van der Waals surface area contributed by atoms with Gasteiger partial charge in [-0.1, -0.05) is 25.7 Å². The lowest BCUT2D eigenvalue weighted by atomic mass is 9.94. The Bertz CT molecular complexity index is 704. The highest BCUT2D eigenvalue weighted by Crippen LogP contribution is 2.26. The average molecular weight is 346 g/mol. The van der Waals surface area contributed by atoms with Gasteiger partial charge >= 0.3 is 0 Å². The molecule has 0 atom stereocenters. The molecule has 1 aromatic heterocycles. The van der Waals surface area contributed by atoms with Gasteiger partial charge in [0.05, 0.1) is 17.7 Å². The first-order valence-electron chi connectivity index (χ1n) is 8.74. The molecule has 1 aliphatic rings. The van der Waals surface area contributed by atoms with Crippen molar-refractivity contribution in [3.63, 3.8) is 0 Å². The highest BCUT2D eigenvalue weighted by atomic mass is 19.1. The van der Waals surface area contributed by atoms with Crippen molar-refractivity contribution >= 4 is 5.91 Å². The minimum Gasteiger partial charge on any atom is -0.444 e. The van der Waals surface area contributed by atoms with E-state index >= 15 is 0 Å². The number of halogens is 1. The Morgan fingerprint density at radius 2 is 1.88 bits per heavy atom. The molecule has 1 saturated carbocycles. The van der Waals surface area contributed by atoms with Crippen molar-refractivity contribution in [2.24, 2.45) is 0 Å². The molecule has 1 heterocycles. The molecule has 1 aliphatic carbocycles. The molecule has 6 heteroatoms. The molecule has 0 radical (unpaired) electrons. The molecular formula is C19H23FN2O3. The Kier molecular flexibility index (Phi) is 5.48. The van der Waals surface area contributed by atoms with E-state index in [0.29, 0.717) is 17.1 Å². The van der Waals surface area contributed by atoms with Crippen molar-refractivity contribution in [1.29, 1.82) is 0 Å². The van der Waals surface area contributed by atoms with Crippen molar-refractivity contribution in [3.8, 4) is 11.5 Å². The van der Waals surface area contributed by atoms with Crippen molar-refractivity contribution in [1.82, 2.24) is 10.3 Å². The maximum absolute atomic E-state index is 12.9. The largest absolute Gasteiger partial charge is 0.444 e. The van der Waals surface area contributed by atoms with Crippen LogP contribution in [0.3, 0.4) is 0 Å². The summed E-state index contributed by atoms with van der Waals surface area (Å²) in [4.78, 5) is 16.4. The molecule has 134 valence electrons. The topological polar surface area (TPSA) is 75.4 Å². The Hall–Kier alpha value is -2.21. The summed E-state index contributed by atoms with van der Waals surface area (Å²) in [7, 11) is 0. The van der Waals surface area contributed by atoms with Gasteiger partial charge in [-0.15, -0.1) is 0 Å². The zero-order chi connectivity index (χ0) is 17.7. The van der Waals surface area contributed by atoms with Crippen LogP contribution in [0.1, 0.15) is 44.2 Å². The smallest absolute Gasteiger partial charge is 0.226 e. The summed E-state index contributed by atoms with van der Waals surface area (Å²) in [6.45, 7) is 0.272. The maximum Gasteiger partial charge on any atom is 0.226 e. The molecule has 1 aromatic carbocycles. The second-order valence-electron chi connectivity index (χ2n) is 6.74. The molecule has 2 N–H and O–H groups in total. The number of benzene rings is 1. The molecule has 3 rings (SSSR count). The van der Waals surface area contributed by atoms with Gasteiger partial charge in [0.1, 0.15) is 12.1 Å². The number of aromatic nitrogens is 1. The summed E-state index contributed by atoms with van der Waals surface area (Å²) in [5.74, 6) is -0.173. The second kappa shape index (κ2) is 7.78. The number of nitrogens with zero attached hydrogens (tertiary/aromatic N) is 1. The Morgan fingerprint density at radius 1 is 1.20 bits per heavy atom. The first-order valence-corrected chi connectivity index (χ1v) is 8.74. The van der Waals surface area contributed by atoms with Crippen LogP contribution in [-0.4, -0.2) is 28.1 Å². The van der Waals surface area contributed by atoms with Crippen molar-refractivity contribution in [2.75, 3.05) is 6.54 Å². The molecule has 1 amide bonds. The van der Waals surface area contributed by atoms with E-state index in [1.165, 1.54) is 18.4 Å². The highest BCUT2D eigenvalue weighted by Gasteiger charge is 2.28. The van der Waals surface area contributed by atoms with Gasteiger partial charge in [-0.25, -0.2) is 9.37 Å². The first-order chi connectivity index (χ1) is 12.0. The first kappa shape index (κ1) is 17.6. The number of amides is 1. The zero-order valence-electron chi connectivity index (χ0n) is 14.1. The Morgan fingerprint density at radius 3 is 2.56 bits per heavy atom. The molecule has 2 aromatic rings. The van der Waals surface area contributed by atoms with E-state index in [4.69, 9.17) is 4.42 Å². The lowest BCUT2D eigenvalue weighted by Gasteiger charge is -2.26. The van der Waals surface area contributed by atoms with Crippen LogP contribution in [0.25, 0.3) is 11.5 Å². The summed E-state index contributed by atoms with van der Waals surface area (Å²) in [5, 5.41) is 13.4. The van der Waals surface area contributed by atoms with E-state index in [9.17, 15) is 14.3 Å². The Labute approximate surface area is 146 Å². The predicted molar refractivity (Wildman–Crippen MR) is 91.3 cm³/mol. The fraction of sp³-hybridized carbons (Fsp3) is 0.474. The van der Waals surface area contributed by atoms with E-state index < -0.39 is 5.60 Å². The van der Waals surface area contributed by atoms with Crippen LogP contribution in [0.2, 0.25) is 0 Å². The van der Waals surface area contributed by atoms with Crippen LogP contribution in [0.4, 0.5) is 4.39 Å². The van der Waals surface area contributed by atoms with E-state index in [-0.39, 0.29) is 24.7 Å². The number of oxazole rings is 1. The maximum atomic E-state index is 12.9. The van der Waals surface area contributed by atoms with Gasteiger partial charge in [0, 0.05) is 12.1 Å². The van der Waals surface area contributed by atoms with Crippen LogP contribution in [0.15, 0.2) is 34.9 Å². The van der Waals surface area contributed by atoms with Crippen LogP contribution >= 0.6 is 0 Å². The summed E-state index contributed by atoms with van der Waals surface area (Å²) in [6.07, 6.45) is 7.24. The summed E-state index contributed by atoms with van der Waals surface area (Å²) in [6, 6.07) is 5.82. The van der Waals surface area contributed by atoms with Crippen molar-refractivity contribution in [2.45, 2.75) is 50.5 Å². The monoisotopic (exact) mass is 346 g/mol. The van der Waals surface area contributed by atoms with Crippen molar-refractivity contribution in [3.05, 3.63) is 42.0 Å². The molecule has 0 aliphatic heterocycles. The van der Waals surface area contributed by atoms with Crippen LogP contribution in [0.5, 0.6) is 0 Å². The lowest BCUT2D eigenvalue weighted by molar-refractivity contribution is -0.121. The molecule has 0 spiro atoms. The zero-order valence-corrected chi connectivity index (χ0v) is 14.1. The van der Waals surface area contributed by atoms with E-state index in [0.717, 1.165) is 38.5 Å². The predicted octanol–water partition coefficient (Wildman–Crippen LogP) is 3.22. The average Bonchev–Trinajstić information content (AvgIpc) is 2.94. The van der Waals surface area contributed by atoms with Crippen LogP contribution < -0.4 is 5.32 Å². The minimum atomic E-state index is -0.796.